The lowest BCUT2D eigenvalue weighted by Crippen LogP contribution is -2.48. The monoisotopic (exact) mass is 818 g/mol. The van der Waals surface area contributed by atoms with Crippen molar-refractivity contribution in [1.82, 2.24) is 39.7 Å². The van der Waals surface area contributed by atoms with Crippen LogP contribution in [-0.4, -0.2) is 103 Å². The first-order valence-electron chi connectivity index (χ1n) is 20.0. The van der Waals surface area contributed by atoms with Crippen molar-refractivity contribution >= 4 is 46.5 Å². The van der Waals surface area contributed by atoms with Crippen LogP contribution in [0.4, 0.5) is 0 Å². The fraction of sp³-hybridized carbons (Fsp3) is 0.429. The highest BCUT2D eigenvalue weighted by Crippen LogP contribution is 2.52. The van der Waals surface area contributed by atoms with Gasteiger partial charge in [0, 0.05) is 43.3 Å². The van der Waals surface area contributed by atoms with Gasteiger partial charge >= 0.3 is 11.9 Å². The molecular weight excluding hydrogens is 777 g/mol. The minimum atomic E-state index is -1.94. The van der Waals surface area contributed by atoms with Crippen LogP contribution in [0.2, 0.25) is 0 Å². The summed E-state index contributed by atoms with van der Waals surface area (Å²) in [7, 11) is 1.49. The molecule has 310 valence electrons. The average Bonchev–Trinajstić information content (AvgIpc) is 4.07. The Morgan fingerprint density at radius 2 is 1.82 bits per heavy atom. The molecule has 3 aromatic heterocycles. The van der Waals surface area contributed by atoms with Gasteiger partial charge in [-0.25, -0.2) is 19.3 Å². The lowest BCUT2D eigenvalue weighted by atomic mass is 9.85. The molecule has 1 saturated heterocycles. The number of allylic oxidation sites excluding steroid dienone is 2. The van der Waals surface area contributed by atoms with Gasteiger partial charge in [-0.05, 0) is 42.9 Å². The number of likely N-dealkylation sites (tertiary alicyclic amines) is 1. The van der Waals surface area contributed by atoms with Crippen molar-refractivity contribution in [3.8, 4) is 11.4 Å². The molecule has 2 fully saturated rings. The molecule has 60 heavy (non-hydrogen) atoms. The number of fused-ring (bicyclic) bond motifs is 10. The fourth-order valence-electron chi connectivity index (χ4n) is 9.43. The zero-order valence-electron chi connectivity index (χ0n) is 33.0. The Labute approximate surface area is 342 Å². The van der Waals surface area contributed by atoms with E-state index in [1.165, 1.54) is 27.8 Å². The number of rotatable bonds is 14. The number of nitrogens with one attached hydrogen (secondary N) is 1. The predicted octanol–water partition coefficient (Wildman–Crippen LogP) is 1.21. The third-order valence-corrected chi connectivity index (χ3v) is 12.4. The Morgan fingerprint density at radius 3 is 2.57 bits per heavy atom. The first-order valence-corrected chi connectivity index (χ1v) is 20.0. The first kappa shape index (κ1) is 38.9. The highest BCUT2D eigenvalue weighted by Gasteiger charge is 2.59. The number of amides is 4. The van der Waals surface area contributed by atoms with Crippen molar-refractivity contribution in [1.29, 1.82) is 0 Å². The van der Waals surface area contributed by atoms with Crippen LogP contribution in [0.15, 0.2) is 59.5 Å². The number of para-hydroxylation sites is 1. The predicted molar refractivity (Wildman–Crippen MR) is 208 cm³/mol. The van der Waals surface area contributed by atoms with Crippen LogP contribution in [0.3, 0.4) is 0 Å². The van der Waals surface area contributed by atoms with Crippen LogP contribution in [0.1, 0.15) is 48.6 Å². The molecule has 1 saturated carbocycles. The Balaban J connectivity index is 0.917. The number of esters is 2. The molecule has 4 unspecified atom stereocenters. The second-order valence-corrected chi connectivity index (χ2v) is 15.8. The smallest absolute Gasteiger partial charge is 0.355 e. The third-order valence-electron chi connectivity index (χ3n) is 12.4. The highest BCUT2D eigenvalue weighted by atomic mass is 16.6. The van der Waals surface area contributed by atoms with Gasteiger partial charge < -0.3 is 29.0 Å². The number of aromatic nitrogens is 5. The summed E-state index contributed by atoms with van der Waals surface area (Å²) in [5, 5.41) is 11.7. The number of carbonyl (C=O) groups is 6. The van der Waals surface area contributed by atoms with E-state index in [0.717, 1.165) is 22.9 Å². The SMILES string of the molecule is CC[C@@]1(OC(=O)Cn2cc(CN(CCN3C(=O)C4C5C=CC(C5)C4C3=O)C(=O)CC(=O)NCCOC)nn2)C(=O)OCc2c1cc1n(c2=O)Cc2cc3ccccc3nc2-1. The molecule has 1 N–H and O–H groups in total. The van der Waals surface area contributed by atoms with E-state index in [-0.39, 0.29) is 98.4 Å². The van der Waals surface area contributed by atoms with Crippen LogP contribution in [0.25, 0.3) is 22.3 Å². The van der Waals surface area contributed by atoms with Gasteiger partial charge in [0.25, 0.3) is 5.56 Å². The van der Waals surface area contributed by atoms with Crippen molar-refractivity contribution in [3.05, 3.63) is 87.5 Å². The summed E-state index contributed by atoms with van der Waals surface area (Å²) in [4.78, 5) is 101. The topological polar surface area (TPSA) is 214 Å². The number of cyclic esters (lactones) is 1. The normalized spacial score (nSPS) is 23.0. The molecule has 2 bridgehead atoms. The Hall–Kier alpha value is -6.56. The Bertz CT molecular complexity index is 2550. The van der Waals surface area contributed by atoms with E-state index in [0.29, 0.717) is 11.4 Å². The molecule has 2 aliphatic carbocycles. The average molecular weight is 819 g/mol. The molecule has 5 atom stereocenters. The number of ether oxygens (including phenoxy) is 3. The summed E-state index contributed by atoms with van der Waals surface area (Å²) in [5.41, 5.74) is 1.06. The molecule has 1 aromatic carbocycles. The minimum Gasteiger partial charge on any atom is -0.457 e. The lowest BCUT2D eigenvalue weighted by Gasteiger charge is -2.35. The van der Waals surface area contributed by atoms with Crippen LogP contribution < -0.4 is 10.9 Å². The van der Waals surface area contributed by atoms with Gasteiger partial charge in [-0.2, -0.15) is 0 Å². The maximum atomic E-state index is 13.9. The highest BCUT2D eigenvalue weighted by molar-refractivity contribution is 6.06. The van der Waals surface area contributed by atoms with Gasteiger partial charge in [0.05, 0.1) is 60.2 Å². The van der Waals surface area contributed by atoms with E-state index >= 15 is 0 Å². The molecule has 4 amide bonds. The van der Waals surface area contributed by atoms with Gasteiger partial charge in [0.1, 0.15) is 25.3 Å². The molecular formula is C42H42N8O10. The van der Waals surface area contributed by atoms with Gasteiger partial charge in [-0.3, -0.25) is 28.9 Å². The number of hydrogen-bond acceptors (Lipinski definition) is 13. The molecule has 4 aromatic rings. The molecule has 18 heteroatoms. The van der Waals surface area contributed by atoms with Crippen molar-refractivity contribution in [3.63, 3.8) is 0 Å². The number of benzene rings is 1. The number of imide groups is 1. The summed E-state index contributed by atoms with van der Waals surface area (Å²) >= 11 is 0. The van der Waals surface area contributed by atoms with E-state index in [4.69, 9.17) is 19.2 Å². The molecule has 5 aliphatic rings. The van der Waals surface area contributed by atoms with Gasteiger partial charge in [-0.1, -0.05) is 42.5 Å². The molecule has 18 nitrogen and oxygen atoms in total. The third kappa shape index (κ3) is 6.54. The second-order valence-electron chi connectivity index (χ2n) is 15.8. The van der Waals surface area contributed by atoms with Crippen molar-refractivity contribution in [2.45, 2.75) is 58.0 Å². The number of methoxy groups -OCH3 is 1. The van der Waals surface area contributed by atoms with Crippen molar-refractivity contribution < 1.29 is 43.0 Å². The molecule has 6 heterocycles. The summed E-state index contributed by atoms with van der Waals surface area (Å²) in [6.45, 7) is 1.32. The maximum Gasteiger partial charge on any atom is 0.355 e. The number of hydrogen-bond donors (Lipinski definition) is 1. The van der Waals surface area contributed by atoms with Crippen LogP contribution in [0.5, 0.6) is 0 Å². The second kappa shape index (κ2) is 15.2. The Morgan fingerprint density at radius 1 is 1.05 bits per heavy atom. The minimum absolute atomic E-state index is 0.0298. The molecule has 0 spiro atoms. The van der Waals surface area contributed by atoms with Gasteiger partial charge in [0.2, 0.25) is 29.2 Å². The van der Waals surface area contributed by atoms with Crippen LogP contribution in [0, 0.1) is 23.7 Å². The summed E-state index contributed by atoms with van der Waals surface area (Å²) in [6, 6.07) is 11.3. The quantitative estimate of drug-likeness (QED) is 0.0549. The standard InChI is InChI=1S/C42H42N8O10/c1-3-42(29-16-31-37-26(14-23-6-4-5-7-30(23)44-37)18-50(31)38(54)28(29)22-59-41(42)57)60-34(53)21-48-20-27(45-46-48)19-47(33(52)17-32(51)43-10-13-58-2)11-12-49-39(55)35-24-8-9-25(15-24)36(35)40(49)56/h4-9,14,16,20,24-25,35-36H,3,10-13,15,17-19,21-22H2,1-2H3,(H,43,51)/t24?,25?,35?,36?,42-/m0/s1. The summed E-state index contributed by atoms with van der Waals surface area (Å²) in [5.74, 6) is -4.04. The summed E-state index contributed by atoms with van der Waals surface area (Å²) in [6.07, 6.45) is 5.67. The van der Waals surface area contributed by atoms with Crippen molar-refractivity contribution in [2.75, 3.05) is 33.4 Å². The lowest BCUT2D eigenvalue weighted by molar-refractivity contribution is -0.190. The maximum absolute atomic E-state index is 13.9. The van der Waals surface area contributed by atoms with E-state index in [9.17, 15) is 33.6 Å². The molecule has 0 radical (unpaired) electrons. The van der Waals surface area contributed by atoms with E-state index in [1.54, 1.807) is 17.6 Å². The Kier molecular flexibility index (Phi) is 9.88. The van der Waals surface area contributed by atoms with E-state index in [2.05, 4.69) is 15.6 Å². The van der Waals surface area contributed by atoms with E-state index < -0.39 is 54.2 Å². The zero-order valence-corrected chi connectivity index (χ0v) is 33.0. The first-order chi connectivity index (χ1) is 29.0. The van der Waals surface area contributed by atoms with Crippen LogP contribution in [-0.2, 0) is 74.8 Å². The van der Waals surface area contributed by atoms with Gasteiger partial charge in [0.15, 0.2) is 0 Å². The van der Waals surface area contributed by atoms with E-state index in [1.807, 2.05) is 42.5 Å². The zero-order chi connectivity index (χ0) is 41.9. The molecule has 9 rings (SSSR count). The summed E-state index contributed by atoms with van der Waals surface area (Å²) < 4.78 is 19.2. The molecule has 3 aliphatic heterocycles. The number of nitrogens with zero attached hydrogens (tertiary/aromatic N) is 7. The largest absolute Gasteiger partial charge is 0.457 e. The van der Waals surface area contributed by atoms with Crippen LogP contribution >= 0.6 is 0 Å². The number of pyridine rings is 2. The van der Waals surface area contributed by atoms with Gasteiger partial charge in [-0.15, -0.1) is 5.10 Å². The number of carbonyl (C=O) groups excluding carboxylic acids is 6. The van der Waals surface area contributed by atoms with Crippen molar-refractivity contribution in [2.24, 2.45) is 23.7 Å². The fourth-order valence-corrected chi connectivity index (χ4v) is 9.43.